The van der Waals surface area contributed by atoms with Gasteiger partial charge in [-0.25, -0.2) is 4.79 Å². The van der Waals surface area contributed by atoms with Crippen LogP contribution in [-0.2, 0) is 4.74 Å². The van der Waals surface area contributed by atoms with Crippen LogP contribution >= 0.6 is 0 Å². The highest BCUT2D eigenvalue weighted by molar-refractivity contribution is 5.74. The Hall–Kier alpha value is -0.730. The third-order valence-corrected chi connectivity index (χ3v) is 3.34. The van der Waals surface area contributed by atoms with Crippen LogP contribution in [0.4, 0.5) is 4.79 Å². The van der Waals surface area contributed by atoms with Crippen molar-refractivity contribution in [2.45, 2.75) is 37.3 Å². The minimum absolute atomic E-state index is 0.0324. The van der Waals surface area contributed by atoms with Crippen LogP contribution in [0.5, 0.6) is 0 Å². The first-order valence-electron chi connectivity index (χ1n) is 4.32. The van der Waals surface area contributed by atoms with Crippen molar-refractivity contribution in [3.8, 4) is 0 Å². The molecule has 2 saturated carbocycles. The number of fused-ring (bicyclic) bond motifs is 1. The molecule has 3 heteroatoms. The lowest BCUT2D eigenvalue weighted by Gasteiger charge is -2.18. The Balaban J connectivity index is 1.88. The number of hydrogen-bond donors (Lipinski definition) is 1. The molecule has 0 radical (unpaired) electrons. The maximum absolute atomic E-state index is 10.8. The number of alkyl carbamates (subject to hydrolysis) is 1. The number of nitrogens with one attached hydrogen (secondary N) is 1. The highest BCUT2D eigenvalue weighted by atomic mass is 16.6. The van der Waals surface area contributed by atoms with E-state index >= 15 is 0 Å². The third-order valence-electron chi connectivity index (χ3n) is 3.34. The van der Waals surface area contributed by atoms with Crippen LogP contribution in [0.1, 0.15) is 25.7 Å². The van der Waals surface area contributed by atoms with E-state index in [1.54, 1.807) is 0 Å². The van der Waals surface area contributed by atoms with E-state index in [4.69, 9.17) is 4.74 Å². The number of amides is 1. The predicted molar refractivity (Wildman–Crippen MR) is 38.1 cm³/mol. The van der Waals surface area contributed by atoms with Gasteiger partial charge < -0.3 is 10.1 Å². The molecular weight excluding hydrogens is 142 g/mol. The molecule has 1 saturated heterocycles. The van der Waals surface area contributed by atoms with Crippen molar-refractivity contribution in [2.75, 3.05) is 0 Å². The summed E-state index contributed by atoms with van der Waals surface area (Å²) in [4.78, 5) is 10.8. The maximum atomic E-state index is 10.8. The molecule has 1 amide bonds. The summed E-state index contributed by atoms with van der Waals surface area (Å²) in [6.45, 7) is 0. The number of hydrogen-bond acceptors (Lipinski definition) is 2. The molecule has 3 rings (SSSR count). The molecule has 1 aliphatic heterocycles. The van der Waals surface area contributed by atoms with E-state index in [1.165, 1.54) is 19.3 Å². The van der Waals surface area contributed by atoms with Crippen LogP contribution in [0, 0.1) is 5.92 Å². The van der Waals surface area contributed by atoms with Crippen molar-refractivity contribution in [2.24, 2.45) is 5.92 Å². The quantitative estimate of drug-likeness (QED) is 0.564. The van der Waals surface area contributed by atoms with Gasteiger partial charge in [0.05, 0.1) is 6.04 Å². The summed E-state index contributed by atoms with van der Waals surface area (Å²) in [5.41, 5.74) is -0.0324. The van der Waals surface area contributed by atoms with Crippen LogP contribution in [0.2, 0.25) is 0 Å². The number of ether oxygens (including phenoxy) is 1. The smallest absolute Gasteiger partial charge is 0.408 e. The zero-order valence-corrected chi connectivity index (χ0v) is 6.30. The lowest BCUT2D eigenvalue weighted by atomic mass is 9.98. The fourth-order valence-electron chi connectivity index (χ4n) is 2.75. The van der Waals surface area contributed by atoms with E-state index < -0.39 is 0 Å². The first-order chi connectivity index (χ1) is 5.33. The van der Waals surface area contributed by atoms with Gasteiger partial charge in [-0.2, -0.15) is 0 Å². The minimum Gasteiger partial charge on any atom is -0.440 e. The first-order valence-corrected chi connectivity index (χ1v) is 4.32. The average molecular weight is 153 g/mol. The summed E-state index contributed by atoms with van der Waals surface area (Å²) in [6, 6.07) is 0.373. The Morgan fingerprint density at radius 2 is 2.45 bits per heavy atom. The number of carbonyl (C=O) groups is 1. The molecule has 1 N–H and O–H groups in total. The summed E-state index contributed by atoms with van der Waals surface area (Å²) in [5.74, 6) is 0.647. The molecule has 0 bridgehead atoms. The summed E-state index contributed by atoms with van der Waals surface area (Å²) in [7, 11) is 0. The van der Waals surface area contributed by atoms with Crippen LogP contribution in [0.15, 0.2) is 0 Å². The first kappa shape index (κ1) is 5.86. The van der Waals surface area contributed by atoms with Gasteiger partial charge in [-0.15, -0.1) is 0 Å². The molecule has 1 spiro atoms. The number of carbonyl (C=O) groups excluding carboxylic acids is 1. The van der Waals surface area contributed by atoms with Crippen LogP contribution in [0.3, 0.4) is 0 Å². The molecule has 3 atom stereocenters. The summed E-state index contributed by atoms with van der Waals surface area (Å²) < 4.78 is 5.28. The second-order valence-electron chi connectivity index (χ2n) is 3.82. The number of rotatable bonds is 0. The second-order valence-corrected chi connectivity index (χ2v) is 3.82. The largest absolute Gasteiger partial charge is 0.440 e. The standard InChI is InChI=1S/C8H11NO2/c10-7-9-6-5-3-1-2-4-8(5,6)11-7/h5-6H,1-4H2,(H,9,10)/t5?,6-,8+/m0/s1. The van der Waals surface area contributed by atoms with Gasteiger partial charge in [-0.05, 0) is 19.3 Å². The summed E-state index contributed by atoms with van der Waals surface area (Å²) >= 11 is 0. The molecule has 3 nitrogen and oxygen atoms in total. The van der Waals surface area contributed by atoms with Gasteiger partial charge in [0.25, 0.3) is 0 Å². The van der Waals surface area contributed by atoms with Gasteiger partial charge in [0, 0.05) is 5.92 Å². The predicted octanol–water partition coefficient (Wildman–Crippen LogP) is 1.04. The molecular formula is C8H11NO2. The van der Waals surface area contributed by atoms with Gasteiger partial charge in [0.1, 0.15) is 5.60 Å². The highest BCUT2D eigenvalue weighted by Gasteiger charge is 2.72. The van der Waals surface area contributed by atoms with Crippen molar-refractivity contribution in [3.63, 3.8) is 0 Å². The van der Waals surface area contributed by atoms with Gasteiger partial charge in [-0.3, -0.25) is 0 Å². The van der Waals surface area contributed by atoms with Crippen molar-refractivity contribution in [3.05, 3.63) is 0 Å². The Labute approximate surface area is 65.1 Å². The zero-order valence-electron chi connectivity index (χ0n) is 6.30. The van der Waals surface area contributed by atoms with Crippen molar-refractivity contribution in [1.29, 1.82) is 0 Å². The van der Waals surface area contributed by atoms with Crippen LogP contribution in [0.25, 0.3) is 0 Å². The maximum Gasteiger partial charge on any atom is 0.408 e. The van der Waals surface area contributed by atoms with Crippen LogP contribution in [-0.4, -0.2) is 17.7 Å². The third kappa shape index (κ3) is 0.535. The molecule has 0 aromatic carbocycles. The zero-order chi connectivity index (χ0) is 7.47. The molecule has 1 unspecified atom stereocenters. The Kier molecular flexibility index (Phi) is 0.822. The van der Waals surface area contributed by atoms with E-state index in [9.17, 15) is 4.79 Å². The van der Waals surface area contributed by atoms with Gasteiger partial charge in [0.15, 0.2) is 0 Å². The molecule has 3 aliphatic rings. The minimum atomic E-state index is -0.201. The fourth-order valence-corrected chi connectivity index (χ4v) is 2.75. The lowest BCUT2D eigenvalue weighted by molar-refractivity contribution is 0.0750. The average Bonchev–Trinajstić information content (AvgIpc) is 2.47. The van der Waals surface area contributed by atoms with Gasteiger partial charge in [-0.1, -0.05) is 6.42 Å². The van der Waals surface area contributed by atoms with Crippen molar-refractivity contribution in [1.82, 2.24) is 5.32 Å². The Morgan fingerprint density at radius 1 is 1.55 bits per heavy atom. The van der Waals surface area contributed by atoms with E-state index in [0.717, 1.165) is 6.42 Å². The van der Waals surface area contributed by atoms with Crippen LogP contribution < -0.4 is 5.32 Å². The summed E-state index contributed by atoms with van der Waals surface area (Å²) in [5, 5.41) is 2.86. The monoisotopic (exact) mass is 153 g/mol. The van der Waals surface area contributed by atoms with Crippen molar-refractivity contribution >= 4 is 6.09 Å². The van der Waals surface area contributed by atoms with E-state index in [-0.39, 0.29) is 11.7 Å². The fraction of sp³-hybridized carbons (Fsp3) is 0.875. The highest BCUT2D eigenvalue weighted by Crippen LogP contribution is 2.58. The lowest BCUT2D eigenvalue weighted by Crippen LogP contribution is -2.24. The normalized spacial score (nSPS) is 52.2. The van der Waals surface area contributed by atoms with E-state index in [0.29, 0.717) is 12.0 Å². The molecule has 60 valence electrons. The molecule has 11 heavy (non-hydrogen) atoms. The molecule has 0 aromatic rings. The van der Waals surface area contributed by atoms with Gasteiger partial charge >= 0.3 is 6.09 Å². The molecule has 2 aliphatic carbocycles. The van der Waals surface area contributed by atoms with Gasteiger partial charge in [0.2, 0.25) is 0 Å². The Morgan fingerprint density at radius 3 is 3.36 bits per heavy atom. The molecule has 0 aromatic heterocycles. The molecule has 3 fully saturated rings. The van der Waals surface area contributed by atoms with Crippen molar-refractivity contribution < 1.29 is 9.53 Å². The second kappa shape index (κ2) is 1.54. The van der Waals surface area contributed by atoms with E-state index in [2.05, 4.69) is 5.32 Å². The topological polar surface area (TPSA) is 38.3 Å². The summed E-state index contributed by atoms with van der Waals surface area (Å²) in [6.07, 6.45) is 4.66. The van der Waals surface area contributed by atoms with E-state index in [1.807, 2.05) is 0 Å². The SMILES string of the molecule is O=C1N[C@H]2C3CCCC[C@@]32O1. The Bertz CT molecular complexity index is 228. The molecule has 1 heterocycles.